The van der Waals surface area contributed by atoms with Gasteiger partial charge in [0, 0.05) is 30.6 Å². The lowest BCUT2D eigenvalue weighted by Gasteiger charge is -2.40. The summed E-state index contributed by atoms with van der Waals surface area (Å²) in [4.78, 5) is 28.2. The van der Waals surface area contributed by atoms with Gasteiger partial charge in [-0.3, -0.25) is 9.59 Å². The first-order chi connectivity index (χ1) is 18.9. The van der Waals surface area contributed by atoms with E-state index in [4.69, 9.17) is 4.74 Å². The zero-order chi connectivity index (χ0) is 27.8. The number of ether oxygens (including phenoxy) is 1. The Labute approximate surface area is 240 Å². The number of carbonyl (C=O) groups excluding carboxylic acids is 2. The van der Waals surface area contributed by atoms with Gasteiger partial charge in [-0.2, -0.15) is 0 Å². The van der Waals surface area contributed by atoms with Crippen LogP contribution >= 0.6 is 22.6 Å². The van der Waals surface area contributed by atoms with Crippen molar-refractivity contribution in [3.8, 4) is 5.75 Å². The van der Waals surface area contributed by atoms with Gasteiger partial charge in [0.1, 0.15) is 23.8 Å². The summed E-state index contributed by atoms with van der Waals surface area (Å²) in [5.74, 6) is -0.703. The number of amides is 2. The van der Waals surface area contributed by atoms with E-state index in [9.17, 15) is 24.2 Å². The molecule has 204 valence electrons. The molecule has 9 heteroatoms. The number of hydrogen-bond donors (Lipinski definition) is 3. The Balaban J connectivity index is 1.71. The molecule has 4 rings (SSSR count). The third-order valence-corrected chi connectivity index (χ3v) is 7.42. The van der Waals surface area contributed by atoms with E-state index in [0.29, 0.717) is 16.9 Å². The summed E-state index contributed by atoms with van der Waals surface area (Å²) < 4.78 is 21.7. The first kappa shape index (κ1) is 28.7. The third-order valence-electron chi connectivity index (χ3n) is 6.53. The minimum absolute atomic E-state index is 0.0269. The average molecular weight is 644 g/mol. The van der Waals surface area contributed by atoms with Gasteiger partial charge < -0.3 is 25.2 Å². The molecule has 0 heterocycles. The van der Waals surface area contributed by atoms with Gasteiger partial charge in [0.05, 0.1) is 22.6 Å². The van der Waals surface area contributed by atoms with Gasteiger partial charge >= 0.3 is 0 Å². The van der Waals surface area contributed by atoms with Crippen molar-refractivity contribution in [2.45, 2.75) is 37.6 Å². The number of aliphatic hydroxyl groups is 2. The number of hydrogen-bond acceptors (Lipinski definition) is 5. The van der Waals surface area contributed by atoms with Gasteiger partial charge in [-0.25, -0.2) is 4.39 Å². The number of nitrogens with zero attached hydrogens (tertiary/aromatic N) is 1. The van der Waals surface area contributed by atoms with E-state index in [1.807, 2.05) is 42.5 Å². The molecule has 0 saturated carbocycles. The highest BCUT2D eigenvalue weighted by Crippen LogP contribution is 2.31. The van der Waals surface area contributed by atoms with Gasteiger partial charge in [0.25, 0.3) is 0 Å². The Morgan fingerprint density at radius 1 is 1.03 bits per heavy atom. The lowest BCUT2D eigenvalue weighted by molar-refractivity contribution is -0.138. The van der Waals surface area contributed by atoms with Crippen LogP contribution in [0.25, 0.3) is 0 Å². The fourth-order valence-corrected chi connectivity index (χ4v) is 5.05. The molecule has 39 heavy (non-hydrogen) atoms. The monoisotopic (exact) mass is 644 g/mol. The summed E-state index contributed by atoms with van der Waals surface area (Å²) in [6, 6.07) is 21.7. The minimum Gasteiger partial charge on any atom is -0.482 e. The van der Waals surface area contributed by atoms with Gasteiger partial charge in [0.2, 0.25) is 11.8 Å². The molecule has 0 bridgehead atoms. The summed E-state index contributed by atoms with van der Waals surface area (Å²) >= 11 is 2.12. The van der Waals surface area contributed by atoms with Crippen LogP contribution < -0.4 is 10.1 Å². The van der Waals surface area contributed by atoms with E-state index in [1.165, 1.54) is 11.0 Å². The number of aliphatic hydroxyl groups excluding tert-OH is 2. The predicted molar refractivity (Wildman–Crippen MR) is 153 cm³/mol. The van der Waals surface area contributed by atoms with Gasteiger partial charge in [-0.15, -0.1) is 0 Å². The van der Waals surface area contributed by atoms with E-state index in [-0.39, 0.29) is 38.4 Å². The number of nitrogens with one attached hydrogen (secondary N) is 1. The first-order valence-electron chi connectivity index (χ1n) is 12.6. The topological polar surface area (TPSA) is 99.1 Å². The second-order valence-electron chi connectivity index (χ2n) is 9.22. The molecule has 3 N–H and O–H groups in total. The van der Waals surface area contributed by atoms with Crippen molar-refractivity contribution in [3.63, 3.8) is 0 Å². The van der Waals surface area contributed by atoms with E-state index < -0.39 is 30.0 Å². The molecule has 0 spiro atoms. The lowest BCUT2D eigenvalue weighted by atomic mass is 9.87. The molecule has 1 aliphatic rings. The van der Waals surface area contributed by atoms with Crippen LogP contribution in [0.2, 0.25) is 0 Å². The summed E-state index contributed by atoms with van der Waals surface area (Å²) in [5.41, 5.74) is 1.37. The normalized spacial score (nSPS) is 18.7. The Kier molecular flexibility index (Phi) is 10.1. The maximum atomic E-state index is 14.7. The van der Waals surface area contributed by atoms with Crippen molar-refractivity contribution in [3.05, 3.63) is 111 Å². The number of rotatable bonds is 10. The number of halogens is 2. The van der Waals surface area contributed by atoms with Crippen LogP contribution in [0, 0.1) is 9.39 Å². The third kappa shape index (κ3) is 7.43. The second-order valence-corrected chi connectivity index (χ2v) is 10.4. The van der Waals surface area contributed by atoms with Crippen LogP contribution in [0.5, 0.6) is 5.75 Å². The Bertz CT molecular complexity index is 1320. The molecule has 0 saturated heterocycles. The first-order valence-corrected chi connectivity index (χ1v) is 13.7. The Hall–Kier alpha value is -3.28. The molecule has 1 aliphatic carbocycles. The SMILES string of the molecule is O=C(NCCO)C1=C[C@H](Oc2ccccc2I)[C@@H](O)[C@H](N(Cc2ccccc2F)C(=O)Cc2ccccc2)C1. The molecule has 0 aromatic heterocycles. The van der Waals surface area contributed by atoms with Crippen molar-refractivity contribution in [2.24, 2.45) is 0 Å². The van der Waals surface area contributed by atoms with Crippen molar-refractivity contribution in [1.29, 1.82) is 0 Å². The fraction of sp³-hybridized carbons (Fsp3) is 0.267. The fourth-order valence-electron chi connectivity index (χ4n) is 4.54. The minimum atomic E-state index is -1.21. The Morgan fingerprint density at radius 2 is 1.72 bits per heavy atom. The maximum Gasteiger partial charge on any atom is 0.247 e. The molecule has 2 amide bonds. The van der Waals surface area contributed by atoms with Crippen molar-refractivity contribution >= 4 is 34.4 Å². The van der Waals surface area contributed by atoms with Gasteiger partial charge in [0.15, 0.2) is 0 Å². The second kappa shape index (κ2) is 13.7. The van der Waals surface area contributed by atoms with E-state index >= 15 is 0 Å². The summed E-state index contributed by atoms with van der Waals surface area (Å²) in [7, 11) is 0. The summed E-state index contributed by atoms with van der Waals surface area (Å²) in [5, 5.41) is 23.4. The van der Waals surface area contributed by atoms with Crippen LogP contribution in [0.15, 0.2) is 90.5 Å². The van der Waals surface area contributed by atoms with Crippen LogP contribution in [0.1, 0.15) is 17.5 Å². The standard InChI is InChI=1S/C30H30FIN2O5/c31-23-11-5-4-10-21(23)19-34(28(36)16-20-8-2-1-3-9-20)25-17-22(30(38)33-14-15-35)18-27(29(25)37)39-26-13-7-6-12-24(26)32/h1-13,18,25,27,29,35,37H,14-17,19H2,(H,33,38)/t25-,27+,29+/m1/s1. The molecule has 0 aliphatic heterocycles. The predicted octanol–water partition coefficient (Wildman–Crippen LogP) is 3.62. The number of para-hydroxylation sites is 1. The van der Waals surface area contributed by atoms with Gasteiger partial charge in [-0.05, 0) is 52.4 Å². The van der Waals surface area contributed by atoms with E-state index in [0.717, 1.165) is 9.13 Å². The van der Waals surface area contributed by atoms with E-state index in [2.05, 4.69) is 27.9 Å². The van der Waals surface area contributed by atoms with Crippen molar-refractivity contribution < 1.29 is 28.9 Å². The lowest BCUT2D eigenvalue weighted by Crippen LogP contribution is -2.55. The van der Waals surface area contributed by atoms with Crippen LogP contribution in [0.4, 0.5) is 4.39 Å². The van der Waals surface area contributed by atoms with Crippen LogP contribution in [-0.2, 0) is 22.6 Å². The molecular weight excluding hydrogens is 614 g/mol. The van der Waals surface area contributed by atoms with Crippen LogP contribution in [0.3, 0.4) is 0 Å². The van der Waals surface area contributed by atoms with Crippen LogP contribution in [-0.4, -0.2) is 58.3 Å². The molecule has 3 aromatic carbocycles. The highest BCUT2D eigenvalue weighted by atomic mass is 127. The zero-order valence-electron chi connectivity index (χ0n) is 21.2. The largest absolute Gasteiger partial charge is 0.482 e. The molecule has 3 aromatic rings. The number of carbonyl (C=O) groups is 2. The molecule has 0 unspecified atom stereocenters. The van der Waals surface area contributed by atoms with E-state index in [1.54, 1.807) is 36.4 Å². The number of benzene rings is 3. The van der Waals surface area contributed by atoms with Gasteiger partial charge in [-0.1, -0.05) is 60.7 Å². The zero-order valence-corrected chi connectivity index (χ0v) is 23.3. The molecular formula is C30H30FIN2O5. The average Bonchev–Trinajstić information content (AvgIpc) is 2.94. The van der Waals surface area contributed by atoms with Crippen molar-refractivity contribution in [2.75, 3.05) is 13.2 Å². The molecule has 7 nitrogen and oxygen atoms in total. The summed E-state index contributed by atoms with van der Waals surface area (Å²) in [6.07, 6.45) is -0.542. The van der Waals surface area contributed by atoms with Crippen molar-refractivity contribution in [1.82, 2.24) is 10.2 Å². The smallest absolute Gasteiger partial charge is 0.247 e. The highest BCUT2D eigenvalue weighted by molar-refractivity contribution is 14.1. The Morgan fingerprint density at radius 3 is 2.44 bits per heavy atom. The maximum absolute atomic E-state index is 14.7. The quantitative estimate of drug-likeness (QED) is 0.293. The summed E-state index contributed by atoms with van der Waals surface area (Å²) in [6.45, 7) is -0.277. The molecule has 0 radical (unpaired) electrons. The molecule has 0 fully saturated rings. The molecule has 3 atom stereocenters. The highest BCUT2D eigenvalue weighted by Gasteiger charge is 2.40.